The van der Waals surface area contributed by atoms with Gasteiger partial charge >= 0.3 is 0 Å². The molecule has 3 nitrogen and oxygen atoms in total. The number of nitrogens with zero attached hydrogens (tertiary/aromatic N) is 1. The predicted octanol–water partition coefficient (Wildman–Crippen LogP) is 0.205. The van der Waals surface area contributed by atoms with Crippen molar-refractivity contribution in [3.8, 4) is 12.3 Å². The normalized spacial score (nSPS) is 20.8. The van der Waals surface area contributed by atoms with Gasteiger partial charge in [0.15, 0.2) is 0 Å². The van der Waals surface area contributed by atoms with Crippen molar-refractivity contribution in [1.82, 2.24) is 4.90 Å². The van der Waals surface area contributed by atoms with E-state index in [0.717, 1.165) is 6.42 Å². The maximum Gasteiger partial charge on any atom is 0.298 e. The Morgan fingerprint density at radius 2 is 2.25 bits per heavy atom. The van der Waals surface area contributed by atoms with Gasteiger partial charge < -0.3 is 10.6 Å². The summed E-state index contributed by atoms with van der Waals surface area (Å²) < 4.78 is 0. The first-order valence-corrected chi connectivity index (χ1v) is 4.25. The second-order valence-corrected chi connectivity index (χ2v) is 2.44. The number of rotatable bonds is 0. The summed E-state index contributed by atoms with van der Waals surface area (Å²) in [5, 5.41) is 0. The minimum absolute atomic E-state index is 0.122. The van der Waals surface area contributed by atoms with Crippen molar-refractivity contribution in [2.75, 3.05) is 13.1 Å². The Kier molecular flexibility index (Phi) is 5.14. The summed E-state index contributed by atoms with van der Waals surface area (Å²) in [7, 11) is 0. The zero-order valence-electron chi connectivity index (χ0n) is 7.71. The molecule has 1 heterocycles. The van der Waals surface area contributed by atoms with Crippen LogP contribution in [0.2, 0.25) is 0 Å². The highest BCUT2D eigenvalue weighted by atomic mass is 16.2. The summed E-state index contributed by atoms with van der Waals surface area (Å²) >= 11 is 0. The van der Waals surface area contributed by atoms with Crippen LogP contribution in [0.15, 0.2) is 0 Å². The van der Waals surface area contributed by atoms with Crippen molar-refractivity contribution < 1.29 is 4.79 Å². The molecule has 1 amide bonds. The Bertz CT molecular complexity index is 183. The van der Waals surface area contributed by atoms with Crippen LogP contribution in [0.3, 0.4) is 0 Å². The van der Waals surface area contributed by atoms with Gasteiger partial charge in [-0.25, -0.2) is 0 Å². The summed E-state index contributed by atoms with van der Waals surface area (Å²) in [6.07, 6.45) is 5.78. The molecular formula is C9H16N2O. The van der Waals surface area contributed by atoms with E-state index in [1.165, 1.54) is 0 Å². The van der Waals surface area contributed by atoms with Gasteiger partial charge in [-0.2, -0.15) is 0 Å². The van der Waals surface area contributed by atoms with Crippen molar-refractivity contribution in [1.29, 1.82) is 0 Å². The number of nitrogens with two attached hydrogens (primary N) is 1. The Hall–Kier alpha value is -1.01. The molecular weight excluding hydrogens is 152 g/mol. The quantitative estimate of drug-likeness (QED) is 0.525. The number of likely N-dealkylation sites (tertiary alicyclic amines) is 1. The van der Waals surface area contributed by atoms with Crippen LogP contribution in [0, 0.1) is 12.3 Å². The van der Waals surface area contributed by atoms with Gasteiger partial charge in [-0.15, -0.1) is 6.42 Å². The number of hydrogen-bond donors (Lipinski definition) is 1. The minimum atomic E-state index is -0.243. The fourth-order valence-corrected chi connectivity index (χ4v) is 1.06. The van der Waals surface area contributed by atoms with Gasteiger partial charge in [-0.05, 0) is 12.3 Å². The molecule has 0 aromatic carbocycles. The molecule has 1 aliphatic heterocycles. The van der Waals surface area contributed by atoms with Gasteiger partial charge in [0.25, 0.3) is 5.91 Å². The van der Waals surface area contributed by atoms with Crippen molar-refractivity contribution in [3.63, 3.8) is 0 Å². The highest BCUT2D eigenvalue weighted by molar-refractivity contribution is 5.93. The van der Waals surface area contributed by atoms with Gasteiger partial charge in [0.05, 0.1) is 0 Å². The van der Waals surface area contributed by atoms with E-state index in [2.05, 4.69) is 5.92 Å². The summed E-state index contributed by atoms with van der Waals surface area (Å²) in [4.78, 5) is 12.4. The Balaban J connectivity index is 0.000000561. The van der Waals surface area contributed by atoms with E-state index in [0.29, 0.717) is 13.1 Å². The second-order valence-electron chi connectivity index (χ2n) is 2.44. The molecule has 1 saturated heterocycles. The van der Waals surface area contributed by atoms with E-state index in [4.69, 9.17) is 12.2 Å². The van der Waals surface area contributed by atoms with Crippen LogP contribution in [0.4, 0.5) is 0 Å². The molecule has 0 radical (unpaired) electrons. The molecule has 12 heavy (non-hydrogen) atoms. The lowest BCUT2D eigenvalue weighted by atomic mass is 10.3. The highest BCUT2D eigenvalue weighted by Gasteiger charge is 2.21. The van der Waals surface area contributed by atoms with E-state index < -0.39 is 0 Å². The van der Waals surface area contributed by atoms with Crippen LogP contribution in [0.1, 0.15) is 20.3 Å². The molecule has 0 bridgehead atoms. The maximum absolute atomic E-state index is 10.8. The SMILES string of the molecule is C#CC(=O)N1CCC(N)C1.CC. The van der Waals surface area contributed by atoms with Gasteiger partial charge in [0.1, 0.15) is 0 Å². The Morgan fingerprint density at radius 1 is 1.67 bits per heavy atom. The molecule has 1 unspecified atom stereocenters. The Morgan fingerprint density at radius 3 is 2.58 bits per heavy atom. The maximum atomic E-state index is 10.8. The van der Waals surface area contributed by atoms with Crippen LogP contribution in [0.25, 0.3) is 0 Å². The van der Waals surface area contributed by atoms with Crippen molar-refractivity contribution in [2.24, 2.45) is 5.73 Å². The molecule has 0 aromatic rings. The van der Waals surface area contributed by atoms with Crippen LogP contribution < -0.4 is 5.73 Å². The average Bonchev–Trinajstić information content (AvgIpc) is 2.54. The smallest absolute Gasteiger partial charge is 0.298 e. The summed E-state index contributed by atoms with van der Waals surface area (Å²) in [5.41, 5.74) is 5.56. The van der Waals surface area contributed by atoms with Gasteiger partial charge in [0.2, 0.25) is 0 Å². The summed E-state index contributed by atoms with van der Waals surface area (Å²) in [6.45, 7) is 5.33. The van der Waals surface area contributed by atoms with Crippen molar-refractivity contribution >= 4 is 5.91 Å². The van der Waals surface area contributed by atoms with Gasteiger partial charge in [-0.1, -0.05) is 13.8 Å². The number of terminal acetylenes is 1. The molecule has 0 aliphatic carbocycles. The molecule has 1 atom stereocenters. The molecule has 0 spiro atoms. The van der Waals surface area contributed by atoms with E-state index >= 15 is 0 Å². The highest BCUT2D eigenvalue weighted by Crippen LogP contribution is 2.05. The monoisotopic (exact) mass is 168 g/mol. The van der Waals surface area contributed by atoms with Crippen LogP contribution in [-0.2, 0) is 4.79 Å². The van der Waals surface area contributed by atoms with Crippen molar-refractivity contribution in [2.45, 2.75) is 26.3 Å². The first kappa shape index (κ1) is 11.0. The first-order valence-electron chi connectivity index (χ1n) is 4.25. The van der Waals surface area contributed by atoms with Gasteiger partial charge in [-0.3, -0.25) is 4.79 Å². The number of carbonyl (C=O) groups excluding carboxylic acids is 1. The van der Waals surface area contributed by atoms with Crippen molar-refractivity contribution in [3.05, 3.63) is 0 Å². The molecule has 68 valence electrons. The zero-order chi connectivity index (χ0) is 9.56. The molecule has 3 heteroatoms. The van der Waals surface area contributed by atoms with E-state index in [1.54, 1.807) is 4.90 Å². The fraction of sp³-hybridized carbons (Fsp3) is 0.667. The van der Waals surface area contributed by atoms with E-state index in [-0.39, 0.29) is 11.9 Å². The number of amides is 1. The standard InChI is InChI=1S/C7H10N2O.C2H6/c1-2-7(10)9-4-3-6(8)5-9;1-2/h1,6H,3-5,8H2;1-2H3. The predicted molar refractivity (Wildman–Crippen MR) is 49.4 cm³/mol. The molecule has 0 saturated carbocycles. The largest absolute Gasteiger partial charge is 0.330 e. The topological polar surface area (TPSA) is 46.3 Å². The number of hydrogen-bond acceptors (Lipinski definition) is 2. The molecule has 1 fully saturated rings. The van der Waals surface area contributed by atoms with E-state index in [1.807, 2.05) is 13.8 Å². The number of carbonyl (C=O) groups is 1. The lowest BCUT2D eigenvalue weighted by molar-refractivity contribution is -0.124. The average molecular weight is 168 g/mol. The third-order valence-corrected chi connectivity index (χ3v) is 1.64. The van der Waals surface area contributed by atoms with Crippen LogP contribution in [0.5, 0.6) is 0 Å². The third-order valence-electron chi connectivity index (χ3n) is 1.64. The fourth-order valence-electron chi connectivity index (χ4n) is 1.06. The van der Waals surface area contributed by atoms with Crippen LogP contribution in [-0.4, -0.2) is 29.9 Å². The molecule has 0 aromatic heterocycles. The zero-order valence-corrected chi connectivity index (χ0v) is 7.71. The molecule has 2 N–H and O–H groups in total. The van der Waals surface area contributed by atoms with Crippen LogP contribution >= 0.6 is 0 Å². The lowest BCUT2D eigenvalue weighted by Gasteiger charge is -2.10. The van der Waals surface area contributed by atoms with Gasteiger partial charge in [0, 0.05) is 19.1 Å². The lowest BCUT2D eigenvalue weighted by Crippen LogP contribution is -2.30. The minimum Gasteiger partial charge on any atom is -0.330 e. The Labute approximate surface area is 73.9 Å². The first-order chi connectivity index (χ1) is 5.74. The van der Waals surface area contributed by atoms with E-state index in [9.17, 15) is 4.79 Å². The third kappa shape index (κ3) is 2.93. The summed E-state index contributed by atoms with van der Waals surface area (Å²) in [5.74, 6) is 1.82. The second kappa shape index (κ2) is 5.62. The summed E-state index contributed by atoms with van der Waals surface area (Å²) in [6, 6.07) is 0.122. The molecule has 1 rings (SSSR count). The molecule has 1 aliphatic rings.